The van der Waals surface area contributed by atoms with Gasteiger partial charge in [-0.2, -0.15) is 0 Å². The molecule has 0 atom stereocenters. The van der Waals surface area contributed by atoms with Gasteiger partial charge in [-0.15, -0.1) is 23.5 Å². The molecule has 34 heavy (non-hydrogen) atoms. The second kappa shape index (κ2) is 10.9. The number of hydrogen-bond donors (Lipinski definition) is 2. The number of nitrogens with zero attached hydrogens (tertiary/aromatic N) is 2. The molecule has 0 aromatic rings. The topological polar surface area (TPSA) is 81.1 Å². The highest BCUT2D eigenvalue weighted by Crippen LogP contribution is 2.53. The van der Waals surface area contributed by atoms with Gasteiger partial charge in [-0.3, -0.25) is 14.6 Å². The summed E-state index contributed by atoms with van der Waals surface area (Å²) in [6.07, 6.45) is 4.30. The number of thioether (sulfide) groups is 2. The highest BCUT2D eigenvalue weighted by Gasteiger charge is 2.50. The molecule has 6 nitrogen and oxygen atoms in total. The summed E-state index contributed by atoms with van der Waals surface area (Å²) < 4.78 is -0.820. The molecule has 0 saturated carbocycles. The average Bonchev–Trinajstić information content (AvgIpc) is 2.63. The van der Waals surface area contributed by atoms with E-state index >= 15 is 0 Å². The number of carboxylic acid groups (broad SMARTS) is 2. The van der Waals surface area contributed by atoms with E-state index in [-0.39, 0.29) is 28.6 Å². The Hall–Kier alpha value is -0.440. The van der Waals surface area contributed by atoms with Gasteiger partial charge in [-0.25, -0.2) is 4.79 Å². The zero-order valence-electron chi connectivity index (χ0n) is 23.6. The molecule has 0 spiro atoms. The summed E-state index contributed by atoms with van der Waals surface area (Å²) in [5, 5.41) is 18.7. The van der Waals surface area contributed by atoms with Crippen molar-refractivity contribution in [2.45, 2.75) is 138 Å². The van der Waals surface area contributed by atoms with E-state index in [0.717, 1.165) is 25.7 Å². The lowest BCUT2D eigenvalue weighted by atomic mass is 9.80. The third-order valence-electron chi connectivity index (χ3n) is 8.01. The number of rotatable bonds is 6. The summed E-state index contributed by atoms with van der Waals surface area (Å²) in [6, 6.07) is 0. The van der Waals surface area contributed by atoms with Crippen LogP contribution in [0.1, 0.15) is 101 Å². The number of carbonyl (C=O) groups is 2. The van der Waals surface area contributed by atoms with Gasteiger partial charge in [0.2, 0.25) is 0 Å². The summed E-state index contributed by atoms with van der Waals surface area (Å²) in [5.41, 5.74) is 0.282. The van der Waals surface area contributed by atoms with Crippen LogP contribution in [0.5, 0.6) is 0 Å². The maximum atomic E-state index is 12.5. The van der Waals surface area contributed by atoms with Gasteiger partial charge < -0.3 is 10.2 Å². The van der Waals surface area contributed by atoms with Gasteiger partial charge in [-0.05, 0) is 102 Å². The summed E-state index contributed by atoms with van der Waals surface area (Å²) in [6.45, 7) is 21.8. The first kappa shape index (κ1) is 31.6. The van der Waals surface area contributed by atoms with Crippen molar-refractivity contribution < 1.29 is 19.8 Å². The Kier molecular flexibility index (Phi) is 10.1. The Morgan fingerprint density at radius 1 is 0.765 bits per heavy atom. The third kappa shape index (κ3) is 7.78. The molecule has 0 aromatic carbocycles. The van der Waals surface area contributed by atoms with Crippen molar-refractivity contribution >= 4 is 35.5 Å². The molecular weight excluding hydrogens is 468 g/mol. The van der Waals surface area contributed by atoms with E-state index < -0.39 is 16.0 Å². The average molecular weight is 519 g/mol. The van der Waals surface area contributed by atoms with Crippen LogP contribution in [0.25, 0.3) is 0 Å². The third-order valence-corrected chi connectivity index (χ3v) is 11.2. The van der Waals surface area contributed by atoms with Crippen LogP contribution in [0.3, 0.4) is 0 Å². The highest BCUT2D eigenvalue weighted by atomic mass is 32.2. The van der Waals surface area contributed by atoms with E-state index in [4.69, 9.17) is 5.11 Å². The van der Waals surface area contributed by atoms with Crippen LogP contribution in [-0.2, 0) is 9.59 Å². The smallest absolute Gasteiger partial charge is 0.329 e. The molecule has 2 N–H and O–H groups in total. The first-order chi connectivity index (χ1) is 15.1. The largest absolute Gasteiger partial charge is 0.481 e. The van der Waals surface area contributed by atoms with Crippen LogP contribution in [-0.4, -0.2) is 82.8 Å². The Morgan fingerprint density at radius 2 is 1.00 bits per heavy atom. The van der Waals surface area contributed by atoms with Gasteiger partial charge >= 0.3 is 11.9 Å². The second-order valence-electron chi connectivity index (χ2n) is 12.7. The Bertz CT molecular complexity index is 656. The quantitative estimate of drug-likeness (QED) is 0.412. The molecule has 0 aromatic heterocycles. The highest BCUT2D eigenvalue weighted by molar-refractivity contribution is 8.19. The number of hydrogen-bond acceptors (Lipinski definition) is 6. The summed E-state index contributed by atoms with van der Waals surface area (Å²) in [4.78, 5) is 26.8. The minimum absolute atomic E-state index is 0.0705. The van der Waals surface area contributed by atoms with Crippen LogP contribution in [0.4, 0.5) is 0 Å². The van der Waals surface area contributed by atoms with E-state index in [1.807, 2.05) is 6.92 Å². The summed E-state index contributed by atoms with van der Waals surface area (Å²) in [7, 11) is 4.41. The van der Waals surface area contributed by atoms with Crippen LogP contribution < -0.4 is 0 Å². The zero-order valence-corrected chi connectivity index (χ0v) is 25.2. The van der Waals surface area contributed by atoms with Crippen molar-refractivity contribution in [1.82, 2.24) is 9.80 Å². The molecule has 0 radical (unpaired) electrons. The number of piperidine rings is 2. The van der Waals surface area contributed by atoms with E-state index in [1.165, 1.54) is 0 Å². The van der Waals surface area contributed by atoms with E-state index in [1.54, 1.807) is 30.4 Å². The SMILES string of the molecule is CCC(=O)O.CN1C(C)(C)CC(SC(C)(SC2CC(C)(C)N(C)C(C)(C)C2)C(=O)O)CC1(C)C. The maximum absolute atomic E-state index is 12.5. The van der Waals surface area contributed by atoms with Gasteiger partial charge in [0.25, 0.3) is 0 Å². The molecule has 8 heteroatoms. The van der Waals surface area contributed by atoms with E-state index in [2.05, 4.69) is 79.3 Å². The Balaban J connectivity index is 0.00000104. The normalized spacial score (nSPS) is 25.3. The molecule has 2 heterocycles. The first-order valence-electron chi connectivity index (χ1n) is 12.4. The molecule has 2 fully saturated rings. The van der Waals surface area contributed by atoms with Crippen LogP contribution in [0.2, 0.25) is 0 Å². The molecule has 0 amide bonds. The summed E-state index contributed by atoms with van der Waals surface area (Å²) >= 11 is 3.40. The fourth-order valence-electron chi connectivity index (χ4n) is 5.49. The number of likely N-dealkylation sites (tertiary alicyclic amines) is 2. The zero-order chi connectivity index (χ0) is 26.9. The van der Waals surface area contributed by atoms with Gasteiger partial charge in [0.1, 0.15) is 0 Å². The Labute approximate surface area is 217 Å². The van der Waals surface area contributed by atoms with Crippen molar-refractivity contribution in [2.24, 2.45) is 0 Å². The van der Waals surface area contributed by atoms with Crippen LogP contribution in [0.15, 0.2) is 0 Å². The van der Waals surface area contributed by atoms with Crippen LogP contribution >= 0.6 is 23.5 Å². The van der Waals surface area contributed by atoms with Crippen molar-refractivity contribution in [2.75, 3.05) is 14.1 Å². The standard InChI is InChI=1S/C23H44N2O2S2.C3H6O2/c1-19(2)12-16(13-20(3,4)24(19)10)28-23(9,18(26)27)29-17-14-21(5,6)25(11)22(7,8)15-17;1-2-3(4)5/h16-17H,12-15H2,1-11H3,(H,26,27);2H2,1H3,(H,4,5). The minimum Gasteiger partial charge on any atom is -0.481 e. The first-order valence-corrected chi connectivity index (χ1v) is 14.1. The molecule has 0 unspecified atom stereocenters. The maximum Gasteiger partial charge on any atom is 0.329 e. The van der Waals surface area contributed by atoms with Crippen molar-refractivity contribution in [1.29, 1.82) is 0 Å². The van der Waals surface area contributed by atoms with E-state index in [0.29, 0.717) is 10.5 Å². The molecule has 0 bridgehead atoms. The molecule has 2 rings (SSSR count). The number of aliphatic carboxylic acids is 2. The van der Waals surface area contributed by atoms with Crippen molar-refractivity contribution in [3.05, 3.63) is 0 Å². The summed E-state index contributed by atoms with van der Waals surface area (Å²) in [5.74, 6) is -1.43. The predicted molar refractivity (Wildman–Crippen MR) is 147 cm³/mol. The molecule has 2 aliphatic rings. The molecular formula is C26H50N2O4S2. The molecule has 2 saturated heterocycles. The monoisotopic (exact) mass is 518 g/mol. The number of carboxylic acids is 2. The van der Waals surface area contributed by atoms with Gasteiger partial charge in [-0.1, -0.05) is 6.92 Å². The minimum atomic E-state index is -0.820. The Morgan fingerprint density at radius 3 is 1.18 bits per heavy atom. The van der Waals surface area contributed by atoms with Crippen molar-refractivity contribution in [3.8, 4) is 0 Å². The lowest BCUT2D eigenvalue weighted by Crippen LogP contribution is -2.60. The van der Waals surface area contributed by atoms with Gasteiger partial charge in [0.15, 0.2) is 4.08 Å². The fraction of sp³-hybridized carbons (Fsp3) is 0.923. The van der Waals surface area contributed by atoms with Crippen LogP contribution in [0, 0.1) is 0 Å². The predicted octanol–water partition coefficient (Wildman–Crippen LogP) is 6.04. The van der Waals surface area contributed by atoms with Gasteiger partial charge in [0.05, 0.1) is 0 Å². The lowest BCUT2D eigenvalue weighted by Gasteiger charge is -2.55. The lowest BCUT2D eigenvalue weighted by molar-refractivity contribution is -0.137. The molecule has 0 aliphatic carbocycles. The molecule has 200 valence electrons. The van der Waals surface area contributed by atoms with Crippen molar-refractivity contribution in [3.63, 3.8) is 0 Å². The van der Waals surface area contributed by atoms with Gasteiger partial charge in [0, 0.05) is 39.1 Å². The second-order valence-corrected chi connectivity index (χ2v) is 16.4. The molecule has 2 aliphatic heterocycles. The van der Waals surface area contributed by atoms with E-state index in [9.17, 15) is 14.7 Å². The fourth-order valence-corrected chi connectivity index (χ4v) is 9.97.